The second kappa shape index (κ2) is 7.37. The Bertz CT molecular complexity index is 1070. The number of carbonyl (C=O) groups excluding carboxylic acids is 1. The summed E-state index contributed by atoms with van der Waals surface area (Å²) in [6, 6.07) is 3.89. The third-order valence-electron chi connectivity index (χ3n) is 5.56. The number of carbonyl (C=O) groups is 1. The number of ether oxygens (including phenoxy) is 2. The van der Waals surface area contributed by atoms with Crippen molar-refractivity contribution in [3.63, 3.8) is 0 Å². The van der Waals surface area contributed by atoms with Crippen molar-refractivity contribution in [3.05, 3.63) is 63.7 Å². The molecule has 8 heteroatoms. The second-order valence-corrected chi connectivity index (χ2v) is 8.60. The summed E-state index contributed by atoms with van der Waals surface area (Å²) in [7, 11) is 0. The highest BCUT2D eigenvalue weighted by molar-refractivity contribution is 7.14. The molecule has 0 amide bonds. The minimum absolute atomic E-state index is 0.00607. The molecule has 29 heavy (non-hydrogen) atoms. The predicted octanol–water partition coefficient (Wildman–Crippen LogP) is 3.19. The van der Waals surface area contributed by atoms with E-state index in [2.05, 4.69) is 21.8 Å². The van der Waals surface area contributed by atoms with Crippen molar-refractivity contribution in [2.45, 2.75) is 33.1 Å². The molecule has 0 bridgehead atoms. The van der Waals surface area contributed by atoms with Gasteiger partial charge in [-0.15, -0.1) is 0 Å². The first-order chi connectivity index (χ1) is 14.1. The molecule has 4 heterocycles. The van der Waals surface area contributed by atoms with Gasteiger partial charge in [0.15, 0.2) is 5.13 Å². The van der Waals surface area contributed by atoms with Crippen molar-refractivity contribution in [3.8, 4) is 5.13 Å². The van der Waals surface area contributed by atoms with Gasteiger partial charge in [0, 0.05) is 42.5 Å². The molecule has 1 saturated heterocycles. The van der Waals surface area contributed by atoms with E-state index in [4.69, 9.17) is 9.47 Å². The fourth-order valence-electron chi connectivity index (χ4n) is 3.99. The van der Waals surface area contributed by atoms with Crippen LogP contribution in [-0.4, -0.2) is 45.1 Å². The van der Waals surface area contributed by atoms with Crippen LogP contribution in [0.3, 0.4) is 0 Å². The Morgan fingerprint density at radius 1 is 1.28 bits per heavy atom. The van der Waals surface area contributed by atoms with Crippen LogP contribution < -0.4 is 0 Å². The molecule has 0 aliphatic carbocycles. The molecule has 0 N–H and O–H groups in total. The Kier molecular flexibility index (Phi) is 4.69. The topological polar surface area (TPSA) is 69.5 Å². The van der Waals surface area contributed by atoms with Gasteiger partial charge in [-0.1, -0.05) is 17.4 Å². The molecule has 0 radical (unpaired) electrons. The highest BCUT2D eigenvalue weighted by Gasteiger charge is 2.29. The van der Waals surface area contributed by atoms with E-state index in [9.17, 15) is 4.79 Å². The molecule has 2 aliphatic rings. The van der Waals surface area contributed by atoms with E-state index >= 15 is 0 Å². The lowest BCUT2D eigenvalue weighted by molar-refractivity contribution is -0.0329. The van der Waals surface area contributed by atoms with Crippen molar-refractivity contribution in [1.29, 1.82) is 0 Å². The zero-order valence-electron chi connectivity index (χ0n) is 16.4. The molecule has 1 atom stereocenters. The number of esters is 1. The van der Waals surface area contributed by atoms with Crippen LogP contribution >= 0.6 is 11.3 Å². The smallest absolute Gasteiger partial charge is 0.338 e. The third kappa shape index (κ3) is 3.48. The Hall–Kier alpha value is -2.55. The van der Waals surface area contributed by atoms with E-state index in [0.717, 1.165) is 47.2 Å². The molecule has 0 saturated carbocycles. The van der Waals surface area contributed by atoms with Gasteiger partial charge >= 0.3 is 5.97 Å². The van der Waals surface area contributed by atoms with Gasteiger partial charge in [-0.3, -0.25) is 9.47 Å². The molecule has 150 valence electrons. The summed E-state index contributed by atoms with van der Waals surface area (Å²) in [6.07, 6.45) is 5.73. The molecule has 3 aromatic rings. The lowest BCUT2D eigenvalue weighted by atomic mass is 9.94. The largest absolute Gasteiger partial charge is 0.457 e. The summed E-state index contributed by atoms with van der Waals surface area (Å²) in [5, 5.41) is 0.935. The number of cyclic esters (lactones) is 1. The van der Waals surface area contributed by atoms with Gasteiger partial charge in [0.2, 0.25) is 0 Å². The third-order valence-corrected chi connectivity index (χ3v) is 6.55. The maximum atomic E-state index is 11.8. The van der Waals surface area contributed by atoms with Crippen LogP contribution in [0.25, 0.3) is 5.13 Å². The summed E-state index contributed by atoms with van der Waals surface area (Å²) < 4.78 is 13.2. The van der Waals surface area contributed by atoms with Gasteiger partial charge in [0.25, 0.3) is 0 Å². The van der Waals surface area contributed by atoms with Crippen LogP contribution in [0.2, 0.25) is 0 Å². The summed E-state index contributed by atoms with van der Waals surface area (Å²) >= 11 is 1.69. The van der Waals surface area contributed by atoms with Gasteiger partial charge in [0.05, 0.1) is 24.0 Å². The number of morpholine rings is 1. The number of hydrogen-bond donors (Lipinski definition) is 0. The summed E-state index contributed by atoms with van der Waals surface area (Å²) in [6.45, 7) is 7.62. The molecule has 5 rings (SSSR count). The monoisotopic (exact) mass is 410 g/mol. The first-order valence-electron chi connectivity index (χ1n) is 9.67. The molecular weight excluding hydrogens is 388 g/mol. The van der Waals surface area contributed by atoms with Gasteiger partial charge in [0.1, 0.15) is 12.9 Å². The lowest BCUT2D eigenvalue weighted by Gasteiger charge is -2.33. The van der Waals surface area contributed by atoms with E-state index in [1.165, 1.54) is 4.88 Å². The zero-order chi connectivity index (χ0) is 20.0. The molecule has 0 spiro atoms. The van der Waals surface area contributed by atoms with Crippen LogP contribution in [0, 0.1) is 13.8 Å². The van der Waals surface area contributed by atoms with Crippen molar-refractivity contribution in [1.82, 2.24) is 19.4 Å². The number of hydrogen-bond acceptors (Lipinski definition) is 7. The average Bonchev–Trinajstić information content (AvgIpc) is 3.43. The molecule has 2 aromatic heterocycles. The SMILES string of the molecule is Cc1cn(-c2ncc(CN3CCO[C@H](c4ccc5c(c4C)COC5=O)C3)s2)cn1. The van der Waals surface area contributed by atoms with Crippen molar-refractivity contribution in [2.24, 2.45) is 0 Å². The number of nitrogens with zero attached hydrogens (tertiary/aromatic N) is 4. The van der Waals surface area contributed by atoms with Gasteiger partial charge < -0.3 is 9.47 Å². The van der Waals surface area contributed by atoms with E-state index < -0.39 is 0 Å². The quantitative estimate of drug-likeness (QED) is 0.616. The van der Waals surface area contributed by atoms with Crippen molar-refractivity contribution in [2.75, 3.05) is 19.7 Å². The number of fused-ring (bicyclic) bond motifs is 1. The maximum absolute atomic E-state index is 11.8. The number of aryl methyl sites for hydroxylation is 1. The van der Waals surface area contributed by atoms with Crippen LogP contribution in [0.4, 0.5) is 0 Å². The summed E-state index contributed by atoms with van der Waals surface area (Å²) in [4.78, 5) is 24.2. The Morgan fingerprint density at radius 2 is 2.17 bits per heavy atom. The minimum Gasteiger partial charge on any atom is -0.457 e. The first kappa shape index (κ1) is 18.5. The fourth-order valence-corrected chi connectivity index (χ4v) is 4.88. The first-order valence-corrected chi connectivity index (χ1v) is 10.5. The average molecular weight is 410 g/mol. The zero-order valence-corrected chi connectivity index (χ0v) is 17.2. The van der Waals surface area contributed by atoms with E-state index in [-0.39, 0.29) is 12.1 Å². The van der Waals surface area contributed by atoms with Crippen LogP contribution in [-0.2, 0) is 22.6 Å². The number of imidazole rings is 1. The van der Waals surface area contributed by atoms with Crippen LogP contribution in [0.15, 0.2) is 30.9 Å². The van der Waals surface area contributed by atoms with Crippen molar-refractivity contribution < 1.29 is 14.3 Å². The van der Waals surface area contributed by atoms with Gasteiger partial charge in [-0.2, -0.15) is 0 Å². The van der Waals surface area contributed by atoms with E-state index in [0.29, 0.717) is 18.8 Å². The fraction of sp³-hybridized carbons (Fsp3) is 0.381. The van der Waals surface area contributed by atoms with Crippen LogP contribution in [0.1, 0.15) is 43.7 Å². The molecule has 1 aromatic carbocycles. The molecule has 1 fully saturated rings. The van der Waals surface area contributed by atoms with Crippen LogP contribution in [0.5, 0.6) is 0 Å². The highest BCUT2D eigenvalue weighted by Crippen LogP contribution is 2.32. The molecule has 0 unspecified atom stereocenters. The van der Waals surface area contributed by atoms with Gasteiger partial charge in [-0.05, 0) is 31.0 Å². The molecular formula is C21H22N4O3S. The van der Waals surface area contributed by atoms with Gasteiger partial charge in [-0.25, -0.2) is 14.8 Å². The Morgan fingerprint density at radius 3 is 3.00 bits per heavy atom. The normalized spacial score (nSPS) is 19.4. The lowest BCUT2D eigenvalue weighted by Crippen LogP contribution is -2.37. The molecule has 7 nitrogen and oxygen atoms in total. The van der Waals surface area contributed by atoms with Crippen molar-refractivity contribution >= 4 is 17.3 Å². The summed E-state index contributed by atoms with van der Waals surface area (Å²) in [5.74, 6) is -0.227. The highest BCUT2D eigenvalue weighted by atomic mass is 32.1. The summed E-state index contributed by atoms with van der Waals surface area (Å²) in [5.41, 5.74) is 4.91. The predicted molar refractivity (Wildman–Crippen MR) is 108 cm³/mol. The molecule has 2 aliphatic heterocycles. The Balaban J connectivity index is 1.31. The number of thiazole rings is 1. The maximum Gasteiger partial charge on any atom is 0.338 e. The Labute approximate surface area is 172 Å². The number of benzene rings is 1. The second-order valence-electron chi connectivity index (χ2n) is 7.51. The minimum atomic E-state index is -0.227. The number of aromatic nitrogens is 3. The van der Waals surface area contributed by atoms with E-state index in [1.807, 2.05) is 36.0 Å². The number of rotatable bonds is 4. The standard InChI is InChI=1S/C21H22N4O3S/c1-13-8-25(12-23-13)21-22-7-15(29-21)9-24-5-6-27-19(10-24)16-3-4-17-18(14(16)2)11-28-20(17)26/h3-4,7-8,12,19H,5-6,9-11H2,1-2H3/t19-/m0/s1. The van der Waals surface area contributed by atoms with E-state index in [1.54, 1.807) is 17.7 Å².